The molecule has 1 N–H and O–H groups in total. The van der Waals surface area contributed by atoms with E-state index in [1.54, 1.807) is 24.3 Å². The van der Waals surface area contributed by atoms with Gasteiger partial charge in [0.05, 0.1) is 12.1 Å². The lowest BCUT2D eigenvalue weighted by Crippen LogP contribution is -2.18. The minimum absolute atomic E-state index is 0.0614. The van der Waals surface area contributed by atoms with Crippen LogP contribution in [0.15, 0.2) is 45.6 Å². The van der Waals surface area contributed by atoms with Crippen LogP contribution in [0.25, 0.3) is 11.1 Å². The van der Waals surface area contributed by atoms with Crippen LogP contribution in [0.1, 0.15) is 0 Å². The third kappa shape index (κ3) is 1.63. The van der Waals surface area contributed by atoms with Gasteiger partial charge in [0.1, 0.15) is 0 Å². The maximum absolute atomic E-state index is 11.5. The number of carbonyl (C=O) groups is 1. The molecular weight excluding hydrogens is 210 g/mol. The average Bonchev–Trinajstić information content (AvgIpc) is 2.55. The number of carboxylic acid groups (broad SMARTS) is 1. The lowest BCUT2D eigenvalue weighted by Gasteiger charge is -2.00. The molecule has 0 fully saturated rings. The summed E-state index contributed by atoms with van der Waals surface area (Å²) < 4.78 is 6.19. The number of aliphatic carboxylic acids is 1. The molecule has 0 atom stereocenters. The number of para-hydroxylation sites is 2. The zero-order valence-corrected chi connectivity index (χ0v) is 8.34. The third-order valence-electron chi connectivity index (χ3n) is 2.23. The highest BCUT2D eigenvalue weighted by Crippen LogP contribution is 2.12. The molecule has 1 heterocycles. The van der Waals surface area contributed by atoms with Crippen molar-refractivity contribution < 1.29 is 14.3 Å². The van der Waals surface area contributed by atoms with Crippen molar-refractivity contribution in [1.82, 2.24) is 4.57 Å². The summed E-state index contributed by atoms with van der Waals surface area (Å²) in [6, 6.07) is 6.82. The van der Waals surface area contributed by atoms with Crippen molar-refractivity contribution in [3.05, 3.63) is 47.0 Å². The number of nitrogens with zero attached hydrogens (tertiary/aromatic N) is 1. The molecule has 0 unspecified atom stereocenters. The van der Waals surface area contributed by atoms with Gasteiger partial charge in [-0.25, -0.2) is 9.59 Å². The van der Waals surface area contributed by atoms with Gasteiger partial charge in [-0.2, -0.15) is 0 Å². The van der Waals surface area contributed by atoms with Crippen LogP contribution in [-0.2, 0) is 11.3 Å². The van der Waals surface area contributed by atoms with Gasteiger partial charge in [0.2, 0.25) is 0 Å². The van der Waals surface area contributed by atoms with Gasteiger partial charge in [-0.3, -0.25) is 4.57 Å². The largest absolute Gasteiger partial charge is 0.478 e. The quantitative estimate of drug-likeness (QED) is 0.788. The SMILES string of the molecule is C=C(Cn1c(=O)oc2ccccc21)C(=O)O. The van der Waals surface area contributed by atoms with E-state index in [2.05, 4.69) is 6.58 Å². The lowest BCUT2D eigenvalue weighted by atomic mass is 10.3. The summed E-state index contributed by atoms with van der Waals surface area (Å²) in [7, 11) is 0. The van der Waals surface area contributed by atoms with Gasteiger partial charge in [0.25, 0.3) is 0 Å². The third-order valence-corrected chi connectivity index (χ3v) is 2.23. The molecule has 0 aliphatic heterocycles. The number of aromatic nitrogens is 1. The van der Waals surface area contributed by atoms with E-state index in [0.29, 0.717) is 11.1 Å². The Morgan fingerprint density at radius 2 is 2.12 bits per heavy atom. The number of hydrogen-bond acceptors (Lipinski definition) is 3. The number of oxazole rings is 1. The van der Waals surface area contributed by atoms with E-state index >= 15 is 0 Å². The van der Waals surface area contributed by atoms with E-state index < -0.39 is 11.7 Å². The van der Waals surface area contributed by atoms with E-state index in [1.165, 1.54) is 4.57 Å². The lowest BCUT2D eigenvalue weighted by molar-refractivity contribution is -0.132. The maximum atomic E-state index is 11.5. The molecule has 0 bridgehead atoms. The number of carboxylic acids is 1. The highest BCUT2D eigenvalue weighted by molar-refractivity contribution is 5.86. The molecule has 2 aromatic rings. The van der Waals surface area contributed by atoms with Crippen molar-refractivity contribution in [1.29, 1.82) is 0 Å². The van der Waals surface area contributed by atoms with Crippen LogP contribution in [0.3, 0.4) is 0 Å². The summed E-state index contributed by atoms with van der Waals surface area (Å²) in [6.07, 6.45) is 0. The van der Waals surface area contributed by atoms with E-state index in [4.69, 9.17) is 9.52 Å². The molecule has 1 aromatic heterocycles. The predicted molar refractivity (Wildman–Crippen MR) is 57.2 cm³/mol. The smallest absolute Gasteiger partial charge is 0.420 e. The average molecular weight is 219 g/mol. The standard InChI is InChI=1S/C11H9NO4/c1-7(10(13)14)6-12-8-4-2-3-5-9(8)16-11(12)15/h2-5H,1,6H2,(H,13,14). The number of benzene rings is 1. The second-order valence-corrected chi connectivity index (χ2v) is 3.33. The van der Waals surface area contributed by atoms with Gasteiger partial charge >= 0.3 is 11.7 Å². The summed E-state index contributed by atoms with van der Waals surface area (Å²) in [5.41, 5.74) is 0.939. The normalized spacial score (nSPS) is 10.5. The molecule has 0 amide bonds. The Morgan fingerprint density at radius 3 is 2.81 bits per heavy atom. The summed E-state index contributed by atoms with van der Waals surface area (Å²) in [5, 5.41) is 8.70. The molecule has 0 saturated carbocycles. The summed E-state index contributed by atoms with van der Waals surface area (Å²) in [6.45, 7) is 3.30. The highest BCUT2D eigenvalue weighted by atomic mass is 16.4. The molecule has 0 aliphatic rings. The van der Waals surface area contributed by atoms with Crippen LogP contribution in [-0.4, -0.2) is 15.6 Å². The fraction of sp³-hybridized carbons (Fsp3) is 0.0909. The first kappa shape index (κ1) is 10.2. The summed E-state index contributed by atoms with van der Waals surface area (Å²) in [5.74, 6) is -1.71. The maximum Gasteiger partial charge on any atom is 0.420 e. The Morgan fingerprint density at radius 1 is 1.44 bits per heavy atom. The Bertz CT molecular complexity index is 620. The Balaban J connectivity index is 2.52. The van der Waals surface area contributed by atoms with Crippen molar-refractivity contribution in [2.24, 2.45) is 0 Å². The van der Waals surface area contributed by atoms with Crippen LogP contribution in [0, 0.1) is 0 Å². The first-order chi connectivity index (χ1) is 7.59. The van der Waals surface area contributed by atoms with Crippen molar-refractivity contribution in [3.63, 3.8) is 0 Å². The van der Waals surface area contributed by atoms with Crippen LogP contribution >= 0.6 is 0 Å². The van der Waals surface area contributed by atoms with Crippen molar-refractivity contribution >= 4 is 17.1 Å². The zero-order valence-electron chi connectivity index (χ0n) is 8.34. The number of hydrogen-bond donors (Lipinski definition) is 1. The number of fused-ring (bicyclic) bond motifs is 1. The molecule has 1 aromatic carbocycles. The monoisotopic (exact) mass is 219 g/mol. The summed E-state index contributed by atoms with van der Waals surface area (Å²) >= 11 is 0. The van der Waals surface area contributed by atoms with Gasteiger partial charge in [-0.1, -0.05) is 18.7 Å². The van der Waals surface area contributed by atoms with E-state index in [0.717, 1.165) is 0 Å². The molecule has 16 heavy (non-hydrogen) atoms. The molecule has 5 nitrogen and oxygen atoms in total. The molecule has 0 saturated heterocycles. The van der Waals surface area contributed by atoms with Gasteiger partial charge in [0.15, 0.2) is 5.58 Å². The van der Waals surface area contributed by atoms with Crippen LogP contribution in [0.5, 0.6) is 0 Å². The minimum atomic E-state index is -1.13. The Hall–Kier alpha value is -2.30. The molecular formula is C11H9NO4. The topological polar surface area (TPSA) is 72.4 Å². The predicted octanol–water partition coefficient (Wildman–Crippen LogP) is 1.24. The fourth-order valence-corrected chi connectivity index (χ4v) is 1.42. The molecule has 0 spiro atoms. The van der Waals surface area contributed by atoms with Gasteiger partial charge in [-0.15, -0.1) is 0 Å². The van der Waals surface area contributed by atoms with Crippen LogP contribution in [0.2, 0.25) is 0 Å². The molecule has 0 aliphatic carbocycles. The van der Waals surface area contributed by atoms with E-state index in [9.17, 15) is 9.59 Å². The van der Waals surface area contributed by atoms with E-state index in [-0.39, 0.29) is 12.1 Å². The molecule has 2 rings (SSSR count). The number of rotatable bonds is 3. The first-order valence-electron chi connectivity index (χ1n) is 4.59. The summed E-state index contributed by atoms with van der Waals surface area (Å²) in [4.78, 5) is 22.1. The second-order valence-electron chi connectivity index (χ2n) is 3.33. The fourth-order valence-electron chi connectivity index (χ4n) is 1.42. The van der Waals surface area contributed by atoms with Crippen molar-refractivity contribution in [3.8, 4) is 0 Å². The molecule has 5 heteroatoms. The van der Waals surface area contributed by atoms with Crippen molar-refractivity contribution in [2.45, 2.75) is 6.54 Å². The van der Waals surface area contributed by atoms with Crippen LogP contribution < -0.4 is 5.76 Å². The minimum Gasteiger partial charge on any atom is -0.478 e. The zero-order chi connectivity index (χ0) is 11.7. The van der Waals surface area contributed by atoms with Crippen molar-refractivity contribution in [2.75, 3.05) is 0 Å². The molecule has 0 radical (unpaired) electrons. The van der Waals surface area contributed by atoms with E-state index in [1.807, 2.05) is 0 Å². The highest BCUT2D eigenvalue weighted by Gasteiger charge is 2.12. The van der Waals surface area contributed by atoms with Gasteiger partial charge in [0, 0.05) is 5.57 Å². The molecule has 82 valence electrons. The second kappa shape index (κ2) is 3.69. The first-order valence-corrected chi connectivity index (χ1v) is 4.59. The van der Waals surface area contributed by atoms with Gasteiger partial charge in [-0.05, 0) is 12.1 Å². The Kier molecular flexibility index (Phi) is 2.36. The van der Waals surface area contributed by atoms with Gasteiger partial charge < -0.3 is 9.52 Å². The Labute approximate surface area is 90.2 Å². The van der Waals surface area contributed by atoms with Crippen LogP contribution in [0.4, 0.5) is 0 Å².